The summed E-state index contributed by atoms with van der Waals surface area (Å²) in [5, 5.41) is 0. The molecule has 1 aliphatic rings. The lowest BCUT2D eigenvalue weighted by Crippen LogP contribution is -2.33. The predicted octanol–water partition coefficient (Wildman–Crippen LogP) is 8.60. The van der Waals surface area contributed by atoms with Crippen LogP contribution in [0.4, 0.5) is 4.79 Å². The van der Waals surface area contributed by atoms with E-state index >= 15 is 0 Å². The Labute approximate surface area is 243 Å². The SMILES string of the molecule is O=C(OCCN1C(=O)c2cc(Br)c(Br)c(Br)c2C1=O)Oc1c(Br)c(Br)c(Br)c(Br)c1Br. The van der Waals surface area contributed by atoms with Gasteiger partial charge in [0.05, 0.1) is 35.6 Å². The lowest BCUT2D eigenvalue weighted by atomic mass is 10.1. The van der Waals surface area contributed by atoms with Crippen LogP contribution in [-0.2, 0) is 4.74 Å². The van der Waals surface area contributed by atoms with Gasteiger partial charge in [-0.3, -0.25) is 14.5 Å². The Bertz CT molecular complexity index is 1120. The monoisotopic (exact) mass is 934 g/mol. The maximum atomic E-state index is 12.7. The van der Waals surface area contributed by atoms with Gasteiger partial charge in [0.25, 0.3) is 11.8 Å². The molecule has 0 saturated carbocycles. The Balaban J connectivity index is 1.68. The minimum Gasteiger partial charge on any atom is -0.432 e. The first-order chi connectivity index (χ1) is 14.5. The van der Waals surface area contributed by atoms with E-state index in [1.165, 1.54) is 0 Å². The highest BCUT2D eigenvalue weighted by molar-refractivity contribution is 9.16. The Morgan fingerprint density at radius 2 is 1.32 bits per heavy atom. The number of halogens is 8. The van der Waals surface area contributed by atoms with Gasteiger partial charge in [-0.2, -0.15) is 0 Å². The van der Waals surface area contributed by atoms with E-state index < -0.39 is 18.0 Å². The van der Waals surface area contributed by atoms with Gasteiger partial charge in [0.1, 0.15) is 6.61 Å². The number of hydrogen-bond donors (Lipinski definition) is 0. The van der Waals surface area contributed by atoms with E-state index in [2.05, 4.69) is 127 Å². The Morgan fingerprint density at radius 1 is 0.774 bits per heavy atom. The van der Waals surface area contributed by atoms with Gasteiger partial charge in [-0.15, -0.1) is 0 Å². The summed E-state index contributed by atoms with van der Waals surface area (Å²) in [4.78, 5) is 38.5. The minimum atomic E-state index is -0.995. The Morgan fingerprint density at radius 3 is 1.90 bits per heavy atom. The third-order valence-corrected chi connectivity index (χ3v) is 13.3. The largest absolute Gasteiger partial charge is 0.513 e. The van der Waals surface area contributed by atoms with E-state index in [1.54, 1.807) is 6.07 Å². The van der Waals surface area contributed by atoms with Crippen LogP contribution < -0.4 is 4.74 Å². The van der Waals surface area contributed by atoms with Crippen LogP contribution in [0.5, 0.6) is 5.75 Å². The maximum absolute atomic E-state index is 12.7. The summed E-state index contributed by atoms with van der Waals surface area (Å²) in [6.45, 7) is -0.364. The second-order valence-corrected chi connectivity index (χ2v) is 12.2. The first kappa shape index (κ1) is 26.3. The average molecular weight is 942 g/mol. The number of nitrogens with zero attached hydrogens (tertiary/aromatic N) is 1. The second-order valence-electron chi connectivity index (χ2n) is 5.77. The smallest absolute Gasteiger partial charge is 0.432 e. The van der Waals surface area contributed by atoms with Gasteiger partial charge in [0, 0.05) is 17.9 Å². The summed E-state index contributed by atoms with van der Waals surface area (Å²) < 4.78 is 15.0. The molecule has 0 atom stereocenters. The molecule has 2 aromatic carbocycles. The van der Waals surface area contributed by atoms with E-state index in [0.717, 1.165) is 4.90 Å². The number of benzene rings is 2. The van der Waals surface area contributed by atoms with E-state index in [0.29, 0.717) is 35.8 Å². The van der Waals surface area contributed by atoms with Crippen molar-refractivity contribution in [2.45, 2.75) is 0 Å². The zero-order valence-corrected chi connectivity index (χ0v) is 27.2. The van der Waals surface area contributed by atoms with E-state index in [1.807, 2.05) is 0 Å². The van der Waals surface area contributed by atoms with Gasteiger partial charge in [-0.05, 0) is 134 Å². The van der Waals surface area contributed by atoms with Crippen LogP contribution >= 0.6 is 127 Å². The van der Waals surface area contributed by atoms with Gasteiger partial charge >= 0.3 is 6.16 Å². The van der Waals surface area contributed by atoms with Gasteiger partial charge in [-0.25, -0.2) is 4.79 Å². The quantitative estimate of drug-likeness (QED) is 0.101. The van der Waals surface area contributed by atoms with Crippen LogP contribution in [0.2, 0.25) is 0 Å². The lowest BCUT2D eigenvalue weighted by Gasteiger charge is -2.15. The molecule has 3 rings (SSSR count). The average Bonchev–Trinajstić information content (AvgIpc) is 2.96. The topological polar surface area (TPSA) is 72.9 Å². The highest BCUT2D eigenvalue weighted by Gasteiger charge is 2.38. The van der Waals surface area contributed by atoms with Crippen molar-refractivity contribution in [3.05, 3.63) is 53.0 Å². The molecule has 0 unspecified atom stereocenters. The number of carbonyl (C=O) groups excluding carboxylic acids is 3. The molecule has 0 spiro atoms. The molecule has 14 heteroatoms. The standard InChI is InChI=1S/C17H5Br8NO5/c18-5-3-4-6(8(20)7(5)19)16(28)26(15(4)27)1-2-30-17(29)31-14-12(24)10(22)9(21)11(23)13(14)25/h3H,1-2H2. The summed E-state index contributed by atoms with van der Waals surface area (Å²) in [5.74, 6) is -0.772. The zero-order valence-electron chi connectivity index (χ0n) is 14.5. The number of hydrogen-bond acceptors (Lipinski definition) is 5. The summed E-state index contributed by atoms with van der Waals surface area (Å²) in [5.41, 5.74) is 0.507. The normalized spacial score (nSPS) is 13.0. The molecule has 2 aromatic rings. The van der Waals surface area contributed by atoms with Crippen LogP contribution in [0.3, 0.4) is 0 Å². The Hall–Kier alpha value is 0.690. The van der Waals surface area contributed by atoms with E-state index in [4.69, 9.17) is 9.47 Å². The van der Waals surface area contributed by atoms with E-state index in [9.17, 15) is 14.4 Å². The number of carbonyl (C=O) groups is 3. The third kappa shape index (κ3) is 5.06. The highest BCUT2D eigenvalue weighted by atomic mass is 79.9. The Kier molecular flexibility index (Phi) is 8.93. The molecule has 1 aliphatic heterocycles. The van der Waals surface area contributed by atoms with E-state index in [-0.39, 0.29) is 30.0 Å². The fourth-order valence-electron chi connectivity index (χ4n) is 2.56. The van der Waals surface area contributed by atoms with Crippen molar-refractivity contribution in [2.75, 3.05) is 13.2 Å². The first-order valence-corrected chi connectivity index (χ1v) is 14.2. The highest BCUT2D eigenvalue weighted by Crippen LogP contribution is 2.48. The van der Waals surface area contributed by atoms with Crippen molar-refractivity contribution in [2.24, 2.45) is 0 Å². The zero-order chi connectivity index (χ0) is 23.2. The molecule has 6 nitrogen and oxygen atoms in total. The van der Waals surface area contributed by atoms with Crippen molar-refractivity contribution >= 4 is 145 Å². The van der Waals surface area contributed by atoms with Crippen LogP contribution in [0.1, 0.15) is 20.7 Å². The minimum absolute atomic E-state index is 0.126. The van der Waals surface area contributed by atoms with Crippen LogP contribution in [0.25, 0.3) is 0 Å². The first-order valence-electron chi connectivity index (χ1n) is 7.87. The molecule has 1 heterocycles. The molecule has 0 fully saturated rings. The predicted molar refractivity (Wildman–Crippen MR) is 142 cm³/mol. The number of imide groups is 1. The molecular formula is C17H5Br8NO5. The number of rotatable bonds is 4. The van der Waals surface area contributed by atoms with Crippen LogP contribution in [-0.4, -0.2) is 36.0 Å². The van der Waals surface area contributed by atoms with Crippen LogP contribution in [0, 0.1) is 0 Å². The molecule has 2 amide bonds. The molecule has 0 saturated heterocycles. The fourth-order valence-corrected chi connectivity index (χ4v) is 7.33. The molecule has 31 heavy (non-hydrogen) atoms. The van der Waals surface area contributed by atoms with Crippen molar-refractivity contribution in [1.29, 1.82) is 0 Å². The van der Waals surface area contributed by atoms with Crippen molar-refractivity contribution in [3.63, 3.8) is 0 Å². The summed E-state index contributed by atoms with van der Waals surface area (Å²) >= 11 is 26.9. The number of ether oxygens (including phenoxy) is 2. The lowest BCUT2D eigenvalue weighted by molar-refractivity contribution is 0.0562. The second kappa shape index (κ2) is 10.5. The summed E-state index contributed by atoms with van der Waals surface area (Å²) in [6.07, 6.45) is -0.995. The number of fused-ring (bicyclic) bond motifs is 1. The number of amides is 2. The van der Waals surface area contributed by atoms with Gasteiger partial charge in [0.2, 0.25) is 0 Å². The molecular weight excluding hydrogens is 937 g/mol. The fraction of sp³-hybridized carbons (Fsp3) is 0.118. The summed E-state index contributed by atoms with van der Waals surface area (Å²) in [7, 11) is 0. The molecule has 0 aromatic heterocycles. The van der Waals surface area contributed by atoms with Gasteiger partial charge < -0.3 is 9.47 Å². The maximum Gasteiger partial charge on any atom is 0.513 e. The van der Waals surface area contributed by atoms with Gasteiger partial charge in [0.15, 0.2) is 5.75 Å². The molecule has 164 valence electrons. The van der Waals surface area contributed by atoms with Crippen molar-refractivity contribution < 1.29 is 23.9 Å². The molecule has 0 N–H and O–H groups in total. The molecule has 0 radical (unpaired) electrons. The van der Waals surface area contributed by atoms with Crippen molar-refractivity contribution in [1.82, 2.24) is 4.90 Å². The van der Waals surface area contributed by atoms with Gasteiger partial charge in [-0.1, -0.05) is 0 Å². The van der Waals surface area contributed by atoms with Crippen molar-refractivity contribution in [3.8, 4) is 5.75 Å². The van der Waals surface area contributed by atoms with Crippen LogP contribution in [0.15, 0.2) is 41.8 Å². The third-order valence-electron chi connectivity index (χ3n) is 3.99. The summed E-state index contributed by atoms with van der Waals surface area (Å²) in [6, 6.07) is 1.57. The molecule has 0 bridgehead atoms. The molecule has 0 aliphatic carbocycles.